The molecule has 0 radical (unpaired) electrons. The van der Waals surface area contributed by atoms with Crippen molar-refractivity contribution < 1.29 is 0 Å². The smallest absolute Gasteiger partial charge is 0.244 e. The molecule has 1 saturated carbocycles. The van der Waals surface area contributed by atoms with Crippen molar-refractivity contribution in [1.29, 1.82) is 0 Å². The van der Waals surface area contributed by atoms with Gasteiger partial charge in [0.05, 0.1) is 0 Å². The molecular weight excluding hydrogens is 250 g/mol. The fourth-order valence-corrected chi connectivity index (χ4v) is 3.73. The summed E-state index contributed by atoms with van der Waals surface area (Å²) in [6.45, 7) is 3.45. The van der Waals surface area contributed by atoms with E-state index in [0.29, 0.717) is 0 Å². The van der Waals surface area contributed by atoms with E-state index in [9.17, 15) is 0 Å². The molecule has 3 fully saturated rings. The number of nitrogens with one attached hydrogen (secondary N) is 2. The van der Waals surface area contributed by atoms with Gasteiger partial charge in [0.15, 0.2) is 0 Å². The van der Waals surface area contributed by atoms with Crippen molar-refractivity contribution in [2.45, 2.75) is 51.0 Å². The fourth-order valence-electron chi connectivity index (χ4n) is 3.73. The van der Waals surface area contributed by atoms with Gasteiger partial charge in [-0.25, -0.2) is 0 Å². The summed E-state index contributed by atoms with van der Waals surface area (Å²) in [4.78, 5) is 7.04. The Labute approximate surface area is 120 Å². The van der Waals surface area contributed by atoms with Crippen molar-refractivity contribution in [1.82, 2.24) is 20.5 Å². The lowest BCUT2D eigenvalue weighted by molar-refractivity contribution is 0.317. The molecule has 4 rings (SSSR count). The number of rotatable bonds is 4. The average molecular weight is 275 g/mol. The highest BCUT2D eigenvalue weighted by atomic mass is 15.4. The second kappa shape index (κ2) is 5.35. The van der Waals surface area contributed by atoms with Crippen LogP contribution in [-0.2, 0) is 6.42 Å². The Morgan fingerprint density at radius 3 is 2.65 bits per heavy atom. The van der Waals surface area contributed by atoms with E-state index >= 15 is 0 Å². The normalized spacial score (nSPS) is 28.2. The van der Waals surface area contributed by atoms with Gasteiger partial charge in [0.1, 0.15) is 5.82 Å². The summed E-state index contributed by atoms with van der Waals surface area (Å²) in [6, 6.07) is 0.773. The molecule has 5 nitrogen and oxygen atoms in total. The summed E-state index contributed by atoms with van der Waals surface area (Å²) in [5.74, 6) is 3.74. The number of piperidine rings is 1. The van der Waals surface area contributed by atoms with Crippen LogP contribution in [0.5, 0.6) is 0 Å². The van der Waals surface area contributed by atoms with Gasteiger partial charge in [-0.1, -0.05) is 0 Å². The minimum Gasteiger partial charge on any atom is -0.340 e. The van der Waals surface area contributed by atoms with Gasteiger partial charge in [-0.05, 0) is 56.9 Å². The van der Waals surface area contributed by atoms with Gasteiger partial charge >= 0.3 is 0 Å². The fraction of sp³-hybridized carbons (Fsp3) is 0.867. The van der Waals surface area contributed by atoms with E-state index in [1.54, 1.807) is 0 Å². The molecular formula is C15H25N5. The summed E-state index contributed by atoms with van der Waals surface area (Å²) in [6.07, 6.45) is 9.13. The van der Waals surface area contributed by atoms with E-state index in [1.165, 1.54) is 45.1 Å². The molecule has 1 aliphatic carbocycles. The van der Waals surface area contributed by atoms with E-state index in [4.69, 9.17) is 0 Å². The Balaban J connectivity index is 1.32. The third-order valence-corrected chi connectivity index (χ3v) is 5.19. The van der Waals surface area contributed by atoms with Crippen LogP contribution in [0.1, 0.15) is 44.3 Å². The monoisotopic (exact) mass is 275 g/mol. The van der Waals surface area contributed by atoms with Crippen LogP contribution >= 0.6 is 0 Å². The molecule has 0 bridgehead atoms. The predicted octanol–water partition coefficient (Wildman–Crippen LogP) is 1.73. The third-order valence-electron chi connectivity index (χ3n) is 5.19. The highest BCUT2D eigenvalue weighted by molar-refractivity contribution is 5.29. The number of anilines is 1. The molecule has 20 heavy (non-hydrogen) atoms. The summed E-state index contributed by atoms with van der Waals surface area (Å²) < 4.78 is 0. The van der Waals surface area contributed by atoms with Crippen LogP contribution in [0.3, 0.4) is 0 Å². The summed E-state index contributed by atoms with van der Waals surface area (Å²) in [7, 11) is 0. The largest absolute Gasteiger partial charge is 0.340 e. The van der Waals surface area contributed by atoms with E-state index in [2.05, 4.69) is 25.4 Å². The van der Waals surface area contributed by atoms with E-state index in [0.717, 1.165) is 49.2 Å². The molecule has 2 saturated heterocycles. The molecule has 0 amide bonds. The molecule has 2 aliphatic heterocycles. The zero-order valence-electron chi connectivity index (χ0n) is 12.1. The minimum absolute atomic E-state index is 0.773. The van der Waals surface area contributed by atoms with Crippen molar-refractivity contribution in [2.75, 3.05) is 24.5 Å². The second-order valence-electron chi connectivity index (χ2n) is 6.76. The summed E-state index contributed by atoms with van der Waals surface area (Å²) in [5, 5.41) is 11.2. The van der Waals surface area contributed by atoms with Gasteiger partial charge in [0.2, 0.25) is 5.95 Å². The topological polar surface area (TPSA) is 56.8 Å². The van der Waals surface area contributed by atoms with Crippen LogP contribution < -0.4 is 10.2 Å². The Bertz CT molecular complexity index is 439. The SMILES string of the molecule is C1CNC(C2CCN(c3n[nH]c(CC4CC4)n3)CC2)C1. The van der Waals surface area contributed by atoms with Crippen molar-refractivity contribution in [3.8, 4) is 0 Å². The van der Waals surface area contributed by atoms with Gasteiger partial charge < -0.3 is 10.2 Å². The first kappa shape index (κ1) is 12.6. The van der Waals surface area contributed by atoms with Crippen molar-refractivity contribution in [2.24, 2.45) is 11.8 Å². The third kappa shape index (κ3) is 2.68. The molecule has 0 spiro atoms. The van der Waals surface area contributed by atoms with Gasteiger partial charge in [-0.2, -0.15) is 4.98 Å². The Kier molecular flexibility index (Phi) is 3.38. The van der Waals surface area contributed by atoms with Crippen molar-refractivity contribution in [3.05, 3.63) is 5.82 Å². The zero-order valence-corrected chi connectivity index (χ0v) is 12.1. The first-order valence-corrected chi connectivity index (χ1v) is 8.28. The lowest BCUT2D eigenvalue weighted by Gasteiger charge is -2.34. The Morgan fingerprint density at radius 1 is 1.10 bits per heavy atom. The zero-order chi connectivity index (χ0) is 13.4. The molecule has 3 aliphatic rings. The number of H-pyrrole nitrogens is 1. The maximum Gasteiger partial charge on any atom is 0.244 e. The van der Waals surface area contributed by atoms with Crippen LogP contribution in [0, 0.1) is 11.8 Å². The maximum atomic E-state index is 4.68. The second-order valence-corrected chi connectivity index (χ2v) is 6.76. The van der Waals surface area contributed by atoms with Crippen LogP contribution in [-0.4, -0.2) is 40.9 Å². The number of aromatic nitrogens is 3. The number of aromatic amines is 1. The van der Waals surface area contributed by atoms with Gasteiger partial charge in [-0.15, -0.1) is 5.10 Å². The standard InChI is InChI=1S/C15H25N5/c1-2-13(16-7-1)12-5-8-20(9-6-12)15-17-14(18-19-15)10-11-3-4-11/h11-13,16H,1-10H2,(H,17,18,19). The molecule has 110 valence electrons. The molecule has 2 N–H and O–H groups in total. The van der Waals surface area contributed by atoms with E-state index in [-0.39, 0.29) is 0 Å². The number of nitrogens with zero attached hydrogens (tertiary/aromatic N) is 3. The highest BCUT2D eigenvalue weighted by Gasteiger charge is 2.29. The van der Waals surface area contributed by atoms with Crippen LogP contribution in [0.25, 0.3) is 0 Å². The molecule has 1 aromatic rings. The predicted molar refractivity (Wildman–Crippen MR) is 78.8 cm³/mol. The molecule has 1 unspecified atom stereocenters. The Morgan fingerprint density at radius 2 is 1.95 bits per heavy atom. The van der Waals surface area contributed by atoms with Crippen LogP contribution in [0.4, 0.5) is 5.95 Å². The van der Waals surface area contributed by atoms with Crippen molar-refractivity contribution >= 4 is 5.95 Å². The highest BCUT2D eigenvalue weighted by Crippen LogP contribution is 2.32. The van der Waals surface area contributed by atoms with Gasteiger partial charge in [-0.3, -0.25) is 5.10 Å². The quantitative estimate of drug-likeness (QED) is 0.878. The molecule has 0 aromatic carbocycles. The van der Waals surface area contributed by atoms with E-state index < -0.39 is 0 Å². The number of hydrogen-bond donors (Lipinski definition) is 2. The van der Waals surface area contributed by atoms with Gasteiger partial charge in [0.25, 0.3) is 0 Å². The molecule has 5 heteroatoms. The first-order chi connectivity index (χ1) is 9.88. The lowest BCUT2D eigenvalue weighted by atomic mass is 9.89. The molecule has 3 heterocycles. The van der Waals surface area contributed by atoms with Crippen LogP contribution in [0.2, 0.25) is 0 Å². The van der Waals surface area contributed by atoms with Crippen LogP contribution in [0.15, 0.2) is 0 Å². The molecule has 1 aromatic heterocycles. The Hall–Kier alpha value is -1.10. The van der Waals surface area contributed by atoms with E-state index in [1.807, 2.05) is 0 Å². The van der Waals surface area contributed by atoms with Gasteiger partial charge in [0, 0.05) is 25.6 Å². The average Bonchev–Trinajstić information content (AvgIpc) is 2.96. The first-order valence-electron chi connectivity index (χ1n) is 8.28. The molecule has 1 atom stereocenters. The van der Waals surface area contributed by atoms with Crippen molar-refractivity contribution in [3.63, 3.8) is 0 Å². The number of hydrogen-bond acceptors (Lipinski definition) is 4. The minimum atomic E-state index is 0.773. The summed E-state index contributed by atoms with van der Waals surface area (Å²) >= 11 is 0. The maximum absolute atomic E-state index is 4.68. The lowest BCUT2D eigenvalue weighted by Crippen LogP contribution is -2.41. The summed E-state index contributed by atoms with van der Waals surface area (Å²) in [5.41, 5.74) is 0.